The van der Waals surface area contributed by atoms with Crippen LogP contribution in [-0.2, 0) is 0 Å². The van der Waals surface area contributed by atoms with Crippen LogP contribution in [0.1, 0.15) is 22.4 Å². The molecular weight excluding hydrogens is 376 g/mol. The van der Waals surface area contributed by atoms with Gasteiger partial charge in [0.05, 0.1) is 16.8 Å². The quantitative estimate of drug-likeness (QED) is 0.513. The molecule has 0 atom stereocenters. The Hall–Kier alpha value is -3.73. The number of hydrogen-bond acceptors (Lipinski definition) is 7. The van der Waals surface area contributed by atoms with E-state index in [0.29, 0.717) is 11.3 Å². The Bertz CT molecular complexity index is 1310. The Morgan fingerprint density at radius 2 is 1.73 bits per heavy atom. The van der Waals surface area contributed by atoms with Crippen LogP contribution in [0.4, 0.5) is 11.5 Å². The summed E-state index contributed by atoms with van der Waals surface area (Å²) in [4.78, 5) is 17.8. The fourth-order valence-corrected chi connectivity index (χ4v) is 4.37. The molecule has 0 bridgehead atoms. The number of fused-ring (bicyclic) bond motifs is 2. The van der Waals surface area contributed by atoms with Gasteiger partial charge in [-0.3, -0.25) is 4.98 Å². The molecule has 8 nitrogen and oxygen atoms in total. The monoisotopic (exact) mass is 398 g/mol. The van der Waals surface area contributed by atoms with Gasteiger partial charge in [0.25, 0.3) is 5.78 Å². The van der Waals surface area contributed by atoms with Crippen molar-refractivity contribution in [2.75, 3.05) is 36.0 Å². The van der Waals surface area contributed by atoms with Gasteiger partial charge in [0, 0.05) is 49.5 Å². The van der Waals surface area contributed by atoms with Gasteiger partial charge in [-0.2, -0.15) is 19.9 Å². The molecule has 8 heteroatoms. The van der Waals surface area contributed by atoms with Crippen LogP contribution >= 0.6 is 0 Å². The van der Waals surface area contributed by atoms with Gasteiger partial charge in [-0.1, -0.05) is 11.6 Å². The fourth-order valence-electron chi connectivity index (χ4n) is 4.37. The third kappa shape index (κ3) is 2.90. The summed E-state index contributed by atoms with van der Waals surface area (Å²) >= 11 is 0. The van der Waals surface area contributed by atoms with Crippen molar-refractivity contribution in [2.45, 2.75) is 20.8 Å². The Kier molecular flexibility index (Phi) is 4.24. The summed E-state index contributed by atoms with van der Waals surface area (Å²) in [7, 11) is 0. The average Bonchev–Trinajstić information content (AvgIpc) is 3.20. The molecule has 0 unspecified atom stereocenters. The molecule has 5 rings (SSSR count). The maximum atomic E-state index is 9.75. The van der Waals surface area contributed by atoms with Crippen molar-refractivity contribution in [2.24, 2.45) is 0 Å². The molecule has 0 N–H and O–H groups in total. The summed E-state index contributed by atoms with van der Waals surface area (Å²) in [5, 5.41) is 15.1. The molecule has 4 aromatic rings. The summed E-state index contributed by atoms with van der Waals surface area (Å²) in [6.07, 6.45) is 3.24. The largest absolute Gasteiger partial charge is 0.366 e. The van der Waals surface area contributed by atoms with E-state index < -0.39 is 0 Å². The van der Waals surface area contributed by atoms with Crippen molar-refractivity contribution in [3.8, 4) is 6.07 Å². The summed E-state index contributed by atoms with van der Waals surface area (Å²) in [5.74, 6) is 1.62. The zero-order chi connectivity index (χ0) is 20.8. The van der Waals surface area contributed by atoms with Gasteiger partial charge in [-0.05, 0) is 32.4 Å². The summed E-state index contributed by atoms with van der Waals surface area (Å²) < 4.78 is 1.79. The van der Waals surface area contributed by atoms with Crippen molar-refractivity contribution in [3.05, 3.63) is 53.1 Å². The average molecular weight is 398 g/mol. The topological polar surface area (TPSA) is 86.2 Å². The zero-order valence-corrected chi connectivity index (χ0v) is 17.3. The highest BCUT2D eigenvalue weighted by molar-refractivity contribution is 5.96. The van der Waals surface area contributed by atoms with Crippen molar-refractivity contribution >= 4 is 28.2 Å². The van der Waals surface area contributed by atoms with Crippen LogP contribution in [0.25, 0.3) is 16.7 Å². The number of pyridine rings is 1. The van der Waals surface area contributed by atoms with E-state index >= 15 is 0 Å². The molecule has 0 saturated carbocycles. The van der Waals surface area contributed by atoms with Crippen LogP contribution in [-0.4, -0.2) is 50.7 Å². The Morgan fingerprint density at radius 1 is 0.967 bits per heavy atom. The minimum Gasteiger partial charge on any atom is -0.366 e. The van der Waals surface area contributed by atoms with Crippen molar-refractivity contribution in [3.63, 3.8) is 0 Å². The molecule has 1 aliphatic heterocycles. The molecule has 150 valence electrons. The third-order valence-corrected chi connectivity index (χ3v) is 5.68. The number of anilines is 2. The minimum atomic E-state index is 0.616. The summed E-state index contributed by atoms with van der Waals surface area (Å²) in [6.45, 7) is 9.38. The molecule has 1 fully saturated rings. The van der Waals surface area contributed by atoms with Crippen molar-refractivity contribution in [1.82, 2.24) is 24.6 Å². The standard InChI is InChI=1S/C22H22N8/c1-14-8-15(2)20-18(9-14)21(17(11-23)12-24-20)29-6-4-28(5-7-29)19-10-16(3)27-22-25-13-26-30(19)22/h8-10,12-13H,4-7H2,1-3H3. The highest BCUT2D eigenvalue weighted by atomic mass is 15.4. The Morgan fingerprint density at radius 3 is 2.50 bits per heavy atom. The van der Waals surface area contributed by atoms with E-state index in [4.69, 9.17) is 0 Å². The fraction of sp³-hybridized carbons (Fsp3) is 0.318. The minimum absolute atomic E-state index is 0.616. The number of nitrogens with zero attached hydrogens (tertiary/aromatic N) is 8. The molecule has 30 heavy (non-hydrogen) atoms. The number of aryl methyl sites for hydroxylation is 3. The SMILES string of the molecule is Cc1cc(C)c2ncc(C#N)c(N3CCN(c4cc(C)nc5ncnn45)CC3)c2c1. The van der Waals surface area contributed by atoms with E-state index in [2.05, 4.69) is 61.9 Å². The van der Waals surface area contributed by atoms with Gasteiger partial charge >= 0.3 is 0 Å². The number of piperazine rings is 1. The molecule has 1 aromatic carbocycles. The first kappa shape index (κ1) is 18.3. The Balaban J connectivity index is 1.51. The van der Waals surface area contributed by atoms with E-state index in [1.807, 2.05) is 13.0 Å². The van der Waals surface area contributed by atoms with E-state index in [-0.39, 0.29) is 0 Å². The predicted molar refractivity (Wildman–Crippen MR) is 116 cm³/mol. The van der Waals surface area contributed by atoms with E-state index in [1.165, 1.54) is 11.9 Å². The van der Waals surface area contributed by atoms with Crippen molar-refractivity contribution in [1.29, 1.82) is 5.26 Å². The van der Waals surface area contributed by atoms with Gasteiger partial charge in [0.1, 0.15) is 18.2 Å². The molecule has 0 spiro atoms. The molecule has 0 radical (unpaired) electrons. The lowest BCUT2D eigenvalue weighted by atomic mass is 10.0. The maximum Gasteiger partial charge on any atom is 0.254 e. The molecular formula is C22H22N8. The Labute approximate surface area is 174 Å². The summed E-state index contributed by atoms with van der Waals surface area (Å²) in [6, 6.07) is 8.67. The number of nitriles is 1. The zero-order valence-electron chi connectivity index (χ0n) is 17.3. The van der Waals surface area contributed by atoms with Crippen LogP contribution in [0.3, 0.4) is 0 Å². The van der Waals surface area contributed by atoms with Crippen LogP contribution in [0.2, 0.25) is 0 Å². The van der Waals surface area contributed by atoms with E-state index in [9.17, 15) is 5.26 Å². The molecule has 0 aliphatic carbocycles. The molecule has 3 aromatic heterocycles. The summed E-state index contributed by atoms with van der Waals surface area (Å²) in [5.41, 5.74) is 5.81. The number of aromatic nitrogens is 5. The highest BCUT2D eigenvalue weighted by Crippen LogP contribution is 2.33. The maximum absolute atomic E-state index is 9.75. The smallest absolute Gasteiger partial charge is 0.254 e. The van der Waals surface area contributed by atoms with E-state index in [0.717, 1.165) is 59.8 Å². The first-order chi connectivity index (χ1) is 14.5. The van der Waals surface area contributed by atoms with Gasteiger partial charge < -0.3 is 9.80 Å². The number of rotatable bonds is 2. The normalized spacial score (nSPS) is 14.5. The second-order valence-electron chi connectivity index (χ2n) is 7.81. The lowest BCUT2D eigenvalue weighted by Crippen LogP contribution is -2.47. The highest BCUT2D eigenvalue weighted by Gasteiger charge is 2.24. The first-order valence-corrected chi connectivity index (χ1v) is 10.0. The van der Waals surface area contributed by atoms with Crippen LogP contribution in [0.5, 0.6) is 0 Å². The molecule has 0 amide bonds. The number of benzene rings is 1. The second kappa shape index (κ2) is 6.95. The first-order valence-electron chi connectivity index (χ1n) is 10.0. The second-order valence-corrected chi connectivity index (χ2v) is 7.81. The van der Waals surface area contributed by atoms with Gasteiger partial charge in [0.15, 0.2) is 0 Å². The van der Waals surface area contributed by atoms with Crippen LogP contribution in [0, 0.1) is 32.1 Å². The lowest BCUT2D eigenvalue weighted by molar-refractivity contribution is 0.639. The van der Waals surface area contributed by atoms with Gasteiger partial charge in [-0.15, -0.1) is 0 Å². The van der Waals surface area contributed by atoms with Crippen LogP contribution < -0.4 is 9.80 Å². The predicted octanol–water partition coefficient (Wildman–Crippen LogP) is 2.80. The van der Waals surface area contributed by atoms with E-state index in [1.54, 1.807) is 10.7 Å². The molecule has 1 saturated heterocycles. The van der Waals surface area contributed by atoms with Gasteiger partial charge in [0.2, 0.25) is 0 Å². The third-order valence-electron chi connectivity index (χ3n) is 5.68. The molecule has 1 aliphatic rings. The lowest BCUT2D eigenvalue weighted by Gasteiger charge is -2.38. The van der Waals surface area contributed by atoms with Gasteiger partial charge in [-0.25, -0.2) is 4.98 Å². The number of hydrogen-bond donors (Lipinski definition) is 0. The van der Waals surface area contributed by atoms with Crippen LogP contribution in [0.15, 0.2) is 30.7 Å². The molecule has 4 heterocycles. The van der Waals surface area contributed by atoms with Crippen molar-refractivity contribution < 1.29 is 0 Å².